The molecule has 0 atom stereocenters. The van der Waals surface area contributed by atoms with Crippen LogP contribution in [0.15, 0.2) is 36.9 Å². The molecular weight excluding hydrogens is 436 g/mol. The molecule has 3 N–H and O–H groups in total. The molecule has 2 aliphatic heterocycles. The topological polar surface area (TPSA) is 109 Å². The summed E-state index contributed by atoms with van der Waals surface area (Å²) in [5.74, 6) is 0.231. The molecule has 0 bridgehead atoms. The maximum absolute atomic E-state index is 13.4. The quantitative estimate of drug-likeness (QED) is 0.376. The summed E-state index contributed by atoms with van der Waals surface area (Å²) in [7, 11) is 0. The van der Waals surface area contributed by atoms with Gasteiger partial charge in [-0.3, -0.25) is 9.59 Å². The Morgan fingerprint density at radius 3 is 2.47 bits per heavy atom. The average Bonchev–Trinajstić information content (AvgIpc) is 2.85. The van der Waals surface area contributed by atoms with E-state index in [4.69, 9.17) is 9.47 Å². The van der Waals surface area contributed by atoms with E-state index in [0.29, 0.717) is 76.4 Å². The molecule has 0 unspecified atom stereocenters. The van der Waals surface area contributed by atoms with Crippen LogP contribution in [0.1, 0.15) is 49.4 Å². The Morgan fingerprint density at radius 1 is 1.18 bits per heavy atom. The fourth-order valence-corrected chi connectivity index (χ4v) is 4.26. The van der Waals surface area contributed by atoms with Gasteiger partial charge in [0.2, 0.25) is 5.91 Å². The van der Waals surface area contributed by atoms with E-state index in [1.165, 1.54) is 0 Å². The Bertz CT molecular complexity index is 843. The van der Waals surface area contributed by atoms with Crippen LogP contribution in [-0.2, 0) is 9.53 Å². The summed E-state index contributed by atoms with van der Waals surface area (Å²) in [6.45, 7) is 8.68. The van der Waals surface area contributed by atoms with Gasteiger partial charge in [0.25, 0.3) is 5.91 Å². The van der Waals surface area contributed by atoms with Crippen molar-refractivity contribution in [2.24, 2.45) is 0 Å². The summed E-state index contributed by atoms with van der Waals surface area (Å²) < 4.78 is 10.7. The van der Waals surface area contributed by atoms with Gasteiger partial charge in [-0.2, -0.15) is 0 Å². The molecule has 186 valence electrons. The number of rotatable bonds is 9. The normalized spacial score (nSPS) is 18.0. The van der Waals surface area contributed by atoms with Gasteiger partial charge in [-0.1, -0.05) is 6.08 Å². The summed E-state index contributed by atoms with van der Waals surface area (Å²) >= 11 is 0. The summed E-state index contributed by atoms with van der Waals surface area (Å²) in [5, 5.41) is 9.41. The lowest BCUT2D eigenvalue weighted by molar-refractivity contribution is -0.129. The van der Waals surface area contributed by atoms with E-state index in [1.807, 2.05) is 0 Å². The average molecular weight is 473 g/mol. The highest BCUT2D eigenvalue weighted by molar-refractivity contribution is 5.99. The molecule has 2 saturated heterocycles. The highest BCUT2D eigenvalue weighted by Crippen LogP contribution is 2.22. The first-order valence-corrected chi connectivity index (χ1v) is 12.1. The lowest BCUT2D eigenvalue weighted by Gasteiger charge is -2.39. The SMILES string of the molecule is C=CCCOc1ccc(C(=O)NC2(C(=O)NC3CCN(C(=O)OCC)CC3)CCNCC2)cc1. The van der Waals surface area contributed by atoms with Gasteiger partial charge in [0.1, 0.15) is 11.3 Å². The van der Waals surface area contributed by atoms with E-state index in [9.17, 15) is 14.4 Å². The van der Waals surface area contributed by atoms with E-state index >= 15 is 0 Å². The molecule has 2 fully saturated rings. The molecule has 9 nitrogen and oxygen atoms in total. The predicted octanol–water partition coefficient (Wildman–Crippen LogP) is 2.23. The number of nitrogens with one attached hydrogen (secondary N) is 3. The third-order valence-corrected chi connectivity index (χ3v) is 6.31. The van der Waals surface area contributed by atoms with Crippen LogP contribution in [-0.4, -0.2) is 73.8 Å². The summed E-state index contributed by atoms with van der Waals surface area (Å²) in [6.07, 6.45) is 4.54. The maximum Gasteiger partial charge on any atom is 0.409 e. The highest BCUT2D eigenvalue weighted by Gasteiger charge is 2.42. The van der Waals surface area contributed by atoms with Gasteiger partial charge in [0.15, 0.2) is 0 Å². The standard InChI is InChI=1S/C25H36N4O5/c1-3-5-18-34-21-8-6-19(7-9-21)22(30)28-25(12-14-26-15-13-25)23(31)27-20-10-16-29(17-11-20)24(32)33-4-2/h3,6-9,20,26H,1,4-5,10-18H2,2H3,(H,27,31)(H,28,30). The van der Waals surface area contributed by atoms with Crippen LogP contribution in [0.4, 0.5) is 4.79 Å². The van der Waals surface area contributed by atoms with Crippen LogP contribution in [0.2, 0.25) is 0 Å². The van der Waals surface area contributed by atoms with Crippen molar-refractivity contribution >= 4 is 17.9 Å². The molecule has 2 heterocycles. The van der Waals surface area contributed by atoms with Crippen molar-refractivity contribution in [2.75, 3.05) is 39.4 Å². The van der Waals surface area contributed by atoms with Gasteiger partial charge >= 0.3 is 6.09 Å². The smallest absolute Gasteiger partial charge is 0.409 e. The van der Waals surface area contributed by atoms with Gasteiger partial charge in [0, 0.05) is 24.7 Å². The maximum atomic E-state index is 13.4. The van der Waals surface area contributed by atoms with Crippen LogP contribution in [0.25, 0.3) is 0 Å². The third-order valence-electron chi connectivity index (χ3n) is 6.31. The van der Waals surface area contributed by atoms with Gasteiger partial charge < -0.3 is 30.3 Å². The molecule has 3 amide bonds. The lowest BCUT2D eigenvalue weighted by Crippen LogP contribution is -2.64. The van der Waals surface area contributed by atoms with Crippen molar-refractivity contribution in [3.05, 3.63) is 42.5 Å². The van der Waals surface area contributed by atoms with E-state index in [1.54, 1.807) is 42.2 Å². The van der Waals surface area contributed by atoms with Crippen molar-refractivity contribution in [1.82, 2.24) is 20.9 Å². The molecule has 34 heavy (non-hydrogen) atoms. The monoisotopic (exact) mass is 472 g/mol. The molecule has 0 spiro atoms. The van der Waals surface area contributed by atoms with Crippen LogP contribution >= 0.6 is 0 Å². The number of carbonyl (C=O) groups is 3. The molecule has 3 rings (SSSR count). The van der Waals surface area contributed by atoms with Crippen molar-refractivity contribution in [3.8, 4) is 5.75 Å². The second-order valence-corrected chi connectivity index (χ2v) is 8.67. The fraction of sp³-hybridized carbons (Fsp3) is 0.560. The Balaban J connectivity index is 1.59. The first kappa shape index (κ1) is 25.6. The molecule has 9 heteroatoms. The van der Waals surface area contributed by atoms with Gasteiger partial charge in [-0.25, -0.2) is 4.79 Å². The van der Waals surface area contributed by atoms with E-state index in [2.05, 4.69) is 22.5 Å². The number of benzene rings is 1. The molecule has 2 aliphatic rings. The molecule has 1 aromatic carbocycles. The Morgan fingerprint density at radius 2 is 1.85 bits per heavy atom. The minimum absolute atomic E-state index is 0.0474. The first-order valence-electron chi connectivity index (χ1n) is 12.1. The zero-order chi connectivity index (χ0) is 24.4. The number of hydrogen-bond acceptors (Lipinski definition) is 6. The van der Waals surface area contributed by atoms with Gasteiger partial charge in [0.05, 0.1) is 13.2 Å². The molecule has 0 aliphatic carbocycles. The van der Waals surface area contributed by atoms with E-state index in [0.717, 1.165) is 6.42 Å². The first-order chi connectivity index (χ1) is 16.5. The number of nitrogens with zero attached hydrogens (tertiary/aromatic N) is 1. The molecule has 0 saturated carbocycles. The zero-order valence-electron chi connectivity index (χ0n) is 19.9. The Kier molecular flexibility index (Phi) is 9.33. The van der Waals surface area contributed by atoms with Crippen LogP contribution in [0.5, 0.6) is 5.75 Å². The predicted molar refractivity (Wildman–Crippen MR) is 129 cm³/mol. The largest absolute Gasteiger partial charge is 0.493 e. The van der Waals surface area contributed by atoms with Crippen LogP contribution < -0.4 is 20.7 Å². The van der Waals surface area contributed by atoms with Crippen molar-refractivity contribution in [3.63, 3.8) is 0 Å². The molecule has 1 aromatic rings. The summed E-state index contributed by atoms with van der Waals surface area (Å²) in [4.78, 5) is 40.0. The minimum atomic E-state index is -0.972. The number of carbonyl (C=O) groups excluding carboxylic acids is 3. The number of hydrogen-bond donors (Lipinski definition) is 3. The highest BCUT2D eigenvalue weighted by atomic mass is 16.6. The van der Waals surface area contributed by atoms with Crippen molar-refractivity contribution in [1.29, 1.82) is 0 Å². The number of ether oxygens (including phenoxy) is 2. The fourth-order valence-electron chi connectivity index (χ4n) is 4.26. The summed E-state index contributed by atoms with van der Waals surface area (Å²) in [6, 6.07) is 6.87. The molecular formula is C25H36N4O5. The lowest BCUT2D eigenvalue weighted by atomic mass is 9.86. The van der Waals surface area contributed by atoms with Crippen molar-refractivity contribution < 1.29 is 23.9 Å². The van der Waals surface area contributed by atoms with Crippen LogP contribution in [0, 0.1) is 0 Å². The Labute approximate surface area is 201 Å². The van der Waals surface area contributed by atoms with Crippen LogP contribution in [0.3, 0.4) is 0 Å². The summed E-state index contributed by atoms with van der Waals surface area (Å²) in [5.41, 5.74) is -0.496. The van der Waals surface area contributed by atoms with E-state index < -0.39 is 5.54 Å². The number of likely N-dealkylation sites (tertiary alicyclic amines) is 1. The second kappa shape index (κ2) is 12.4. The third kappa shape index (κ3) is 6.72. The molecule has 0 radical (unpaired) electrons. The van der Waals surface area contributed by atoms with E-state index in [-0.39, 0.29) is 23.9 Å². The van der Waals surface area contributed by atoms with Gasteiger partial charge in [-0.15, -0.1) is 6.58 Å². The Hall–Kier alpha value is -3.07. The van der Waals surface area contributed by atoms with Crippen molar-refractivity contribution in [2.45, 2.75) is 50.6 Å². The minimum Gasteiger partial charge on any atom is -0.493 e. The second-order valence-electron chi connectivity index (χ2n) is 8.67. The van der Waals surface area contributed by atoms with Gasteiger partial charge in [-0.05, 0) is 76.4 Å². The molecule has 0 aromatic heterocycles. The zero-order valence-corrected chi connectivity index (χ0v) is 19.9. The number of amides is 3. The number of piperidine rings is 2.